The number of carbonyl (C=O) groups is 1. The molecule has 0 heterocycles. The highest BCUT2D eigenvalue weighted by atomic mass is 16.5. The van der Waals surface area contributed by atoms with E-state index in [2.05, 4.69) is 11.8 Å². The first-order valence-corrected chi connectivity index (χ1v) is 5.04. The smallest absolute Gasteiger partial charge is 0.322 e. The van der Waals surface area contributed by atoms with Gasteiger partial charge in [0, 0.05) is 6.04 Å². The molecule has 76 valence electrons. The van der Waals surface area contributed by atoms with E-state index in [1.807, 2.05) is 6.92 Å². The Morgan fingerprint density at radius 2 is 2.23 bits per heavy atom. The topological polar surface area (TPSA) is 29.5 Å². The summed E-state index contributed by atoms with van der Waals surface area (Å²) in [6, 6.07) is 0.562. The molecule has 13 heavy (non-hydrogen) atoms. The Morgan fingerprint density at radius 1 is 1.62 bits per heavy atom. The van der Waals surface area contributed by atoms with Gasteiger partial charge in [0.05, 0.1) is 7.11 Å². The predicted molar refractivity (Wildman–Crippen MR) is 51.5 cm³/mol. The van der Waals surface area contributed by atoms with E-state index >= 15 is 0 Å². The zero-order valence-electron chi connectivity index (χ0n) is 8.75. The lowest BCUT2D eigenvalue weighted by atomic mass is 10.2. The van der Waals surface area contributed by atoms with Gasteiger partial charge in [-0.2, -0.15) is 0 Å². The normalized spacial score (nSPS) is 18.8. The summed E-state index contributed by atoms with van der Waals surface area (Å²) in [6.07, 6.45) is 3.57. The number of carbonyl (C=O) groups excluding carboxylic acids is 1. The van der Waals surface area contributed by atoms with Crippen molar-refractivity contribution in [3.63, 3.8) is 0 Å². The Labute approximate surface area is 80.1 Å². The van der Waals surface area contributed by atoms with E-state index < -0.39 is 0 Å². The van der Waals surface area contributed by atoms with Gasteiger partial charge in [-0.3, -0.25) is 9.69 Å². The minimum atomic E-state index is -0.111. The Bertz CT molecular complexity index is 178. The highest BCUT2D eigenvalue weighted by molar-refractivity contribution is 5.75. The zero-order valence-corrected chi connectivity index (χ0v) is 8.75. The number of methoxy groups -OCH3 is 1. The van der Waals surface area contributed by atoms with E-state index in [1.54, 1.807) is 0 Å². The van der Waals surface area contributed by atoms with Crippen LogP contribution in [0.5, 0.6) is 0 Å². The monoisotopic (exact) mass is 185 g/mol. The van der Waals surface area contributed by atoms with Gasteiger partial charge < -0.3 is 4.74 Å². The van der Waals surface area contributed by atoms with Crippen molar-refractivity contribution in [1.82, 2.24) is 4.90 Å². The second-order valence-electron chi connectivity index (χ2n) is 3.67. The Balaban J connectivity index is 2.47. The molecule has 0 saturated heterocycles. The number of esters is 1. The van der Waals surface area contributed by atoms with Crippen LogP contribution in [-0.4, -0.2) is 36.6 Å². The summed E-state index contributed by atoms with van der Waals surface area (Å²) in [4.78, 5) is 13.6. The van der Waals surface area contributed by atoms with Gasteiger partial charge in [-0.15, -0.1) is 0 Å². The van der Waals surface area contributed by atoms with E-state index in [0.29, 0.717) is 6.04 Å². The summed E-state index contributed by atoms with van der Waals surface area (Å²) < 4.78 is 4.74. The Kier molecular flexibility index (Phi) is 3.72. The number of hydrogen-bond acceptors (Lipinski definition) is 3. The summed E-state index contributed by atoms with van der Waals surface area (Å²) in [5.74, 6) is -0.111. The van der Waals surface area contributed by atoms with Crippen LogP contribution in [0.15, 0.2) is 0 Å². The van der Waals surface area contributed by atoms with Crippen LogP contribution in [-0.2, 0) is 9.53 Å². The van der Waals surface area contributed by atoms with Crippen molar-refractivity contribution in [2.24, 2.45) is 0 Å². The largest absolute Gasteiger partial charge is 0.468 e. The third kappa shape index (κ3) is 2.69. The first-order valence-electron chi connectivity index (χ1n) is 5.04. The molecular formula is C10H19NO2. The summed E-state index contributed by atoms with van der Waals surface area (Å²) >= 11 is 0. The minimum absolute atomic E-state index is 0.0718. The molecule has 1 aliphatic rings. The van der Waals surface area contributed by atoms with Gasteiger partial charge in [-0.25, -0.2) is 0 Å². The number of hydrogen-bond donors (Lipinski definition) is 0. The van der Waals surface area contributed by atoms with Gasteiger partial charge in [0.15, 0.2) is 0 Å². The molecule has 0 aliphatic heterocycles. The molecule has 0 radical (unpaired) electrons. The van der Waals surface area contributed by atoms with Gasteiger partial charge in [-0.05, 0) is 32.7 Å². The molecule has 3 nitrogen and oxygen atoms in total. The first kappa shape index (κ1) is 10.5. The van der Waals surface area contributed by atoms with Crippen molar-refractivity contribution in [3.8, 4) is 0 Å². The van der Waals surface area contributed by atoms with Crippen LogP contribution in [0, 0.1) is 0 Å². The lowest BCUT2D eigenvalue weighted by molar-refractivity contribution is -0.146. The highest BCUT2D eigenvalue weighted by Crippen LogP contribution is 2.28. The van der Waals surface area contributed by atoms with E-state index in [4.69, 9.17) is 4.74 Å². The number of rotatable bonds is 5. The fourth-order valence-electron chi connectivity index (χ4n) is 1.66. The molecule has 1 fully saturated rings. The summed E-state index contributed by atoms with van der Waals surface area (Å²) in [6.45, 7) is 5.07. The van der Waals surface area contributed by atoms with Gasteiger partial charge in [0.2, 0.25) is 0 Å². The number of ether oxygens (including phenoxy) is 1. The molecule has 0 bridgehead atoms. The molecule has 3 heteroatoms. The molecular weight excluding hydrogens is 166 g/mol. The molecule has 0 aromatic carbocycles. The van der Waals surface area contributed by atoms with Crippen molar-refractivity contribution in [2.45, 2.75) is 45.2 Å². The van der Waals surface area contributed by atoms with Crippen LogP contribution in [0.2, 0.25) is 0 Å². The van der Waals surface area contributed by atoms with Crippen molar-refractivity contribution in [1.29, 1.82) is 0 Å². The molecule has 0 N–H and O–H groups in total. The fraction of sp³-hybridized carbons (Fsp3) is 0.900. The molecule has 0 aromatic rings. The number of nitrogens with zero attached hydrogens (tertiary/aromatic N) is 1. The molecule has 1 saturated carbocycles. The van der Waals surface area contributed by atoms with E-state index in [-0.39, 0.29) is 12.0 Å². The van der Waals surface area contributed by atoms with Gasteiger partial charge in [-0.1, -0.05) is 6.92 Å². The van der Waals surface area contributed by atoms with Crippen molar-refractivity contribution >= 4 is 5.97 Å². The van der Waals surface area contributed by atoms with E-state index in [1.165, 1.54) is 20.0 Å². The van der Waals surface area contributed by atoms with Crippen LogP contribution < -0.4 is 0 Å². The average molecular weight is 185 g/mol. The molecule has 0 spiro atoms. The summed E-state index contributed by atoms with van der Waals surface area (Å²) in [5, 5.41) is 0. The average Bonchev–Trinajstić information content (AvgIpc) is 2.95. The van der Waals surface area contributed by atoms with Crippen LogP contribution in [0.4, 0.5) is 0 Å². The molecule has 1 rings (SSSR count). The van der Waals surface area contributed by atoms with Gasteiger partial charge in [0.25, 0.3) is 0 Å². The maximum atomic E-state index is 11.3. The molecule has 1 aliphatic carbocycles. The maximum absolute atomic E-state index is 11.3. The van der Waals surface area contributed by atoms with Crippen LogP contribution in [0.3, 0.4) is 0 Å². The van der Waals surface area contributed by atoms with E-state index in [0.717, 1.165) is 13.0 Å². The minimum Gasteiger partial charge on any atom is -0.468 e. The second-order valence-corrected chi connectivity index (χ2v) is 3.67. The van der Waals surface area contributed by atoms with Crippen molar-refractivity contribution in [2.75, 3.05) is 13.7 Å². The van der Waals surface area contributed by atoms with Crippen LogP contribution >= 0.6 is 0 Å². The Hall–Kier alpha value is -0.570. The fourth-order valence-corrected chi connectivity index (χ4v) is 1.66. The third-order valence-corrected chi connectivity index (χ3v) is 2.54. The zero-order chi connectivity index (χ0) is 9.84. The second kappa shape index (κ2) is 4.61. The summed E-state index contributed by atoms with van der Waals surface area (Å²) in [5.41, 5.74) is 0. The standard InChI is InChI=1S/C10H19NO2/c1-4-7-11(9-5-6-9)8(2)10(12)13-3/h8-9H,4-7H2,1-3H3. The quantitative estimate of drug-likeness (QED) is 0.607. The lowest BCUT2D eigenvalue weighted by Crippen LogP contribution is -2.41. The van der Waals surface area contributed by atoms with E-state index in [9.17, 15) is 4.79 Å². The SMILES string of the molecule is CCCN(C1CC1)C(C)C(=O)OC. The van der Waals surface area contributed by atoms with Crippen LogP contribution in [0.25, 0.3) is 0 Å². The van der Waals surface area contributed by atoms with Crippen molar-refractivity contribution in [3.05, 3.63) is 0 Å². The Morgan fingerprint density at radius 3 is 2.62 bits per heavy atom. The molecule has 1 unspecified atom stereocenters. The predicted octanol–water partition coefficient (Wildman–Crippen LogP) is 1.42. The molecule has 0 aromatic heterocycles. The maximum Gasteiger partial charge on any atom is 0.322 e. The summed E-state index contributed by atoms with van der Waals surface area (Å²) in [7, 11) is 1.45. The first-order chi connectivity index (χ1) is 6.20. The van der Waals surface area contributed by atoms with Gasteiger partial charge >= 0.3 is 5.97 Å². The molecule has 1 atom stereocenters. The van der Waals surface area contributed by atoms with Crippen molar-refractivity contribution < 1.29 is 9.53 Å². The van der Waals surface area contributed by atoms with Crippen LogP contribution in [0.1, 0.15) is 33.1 Å². The molecule has 0 amide bonds. The lowest BCUT2D eigenvalue weighted by Gasteiger charge is -2.26. The van der Waals surface area contributed by atoms with Gasteiger partial charge in [0.1, 0.15) is 6.04 Å². The third-order valence-electron chi connectivity index (χ3n) is 2.54. The highest BCUT2D eigenvalue weighted by Gasteiger charge is 2.34.